The minimum Gasteiger partial charge on any atom is -0.330 e. The third kappa shape index (κ3) is 3.23. The van der Waals surface area contributed by atoms with Gasteiger partial charge in [0.15, 0.2) is 10.8 Å². The van der Waals surface area contributed by atoms with E-state index in [4.69, 9.17) is 5.73 Å². The van der Waals surface area contributed by atoms with Gasteiger partial charge in [-0.3, -0.25) is 4.40 Å². The van der Waals surface area contributed by atoms with E-state index in [0.717, 1.165) is 35.9 Å². The van der Waals surface area contributed by atoms with Gasteiger partial charge in [0.1, 0.15) is 0 Å². The maximum Gasteiger partial charge on any atom is 0.195 e. The Bertz CT molecular complexity index is 506. The van der Waals surface area contributed by atoms with E-state index >= 15 is 0 Å². The highest BCUT2D eigenvalue weighted by Crippen LogP contribution is 2.24. The van der Waals surface area contributed by atoms with Gasteiger partial charge in [-0.15, -0.1) is 10.2 Å². The first-order valence-electron chi connectivity index (χ1n) is 6.25. The Morgan fingerprint density at radius 1 is 1.33 bits per heavy atom. The third-order valence-corrected chi connectivity index (χ3v) is 4.09. The summed E-state index contributed by atoms with van der Waals surface area (Å²) in [7, 11) is 0. The van der Waals surface area contributed by atoms with E-state index in [1.807, 2.05) is 28.8 Å². The van der Waals surface area contributed by atoms with E-state index in [-0.39, 0.29) is 5.41 Å². The SMILES string of the molecule is CC(C)(CN)CCCSc1nnc2ccccn12. The molecule has 0 spiro atoms. The summed E-state index contributed by atoms with van der Waals surface area (Å²) in [5.41, 5.74) is 6.87. The molecule has 0 bridgehead atoms. The van der Waals surface area contributed by atoms with Gasteiger partial charge in [-0.2, -0.15) is 0 Å². The number of hydrogen-bond acceptors (Lipinski definition) is 4. The van der Waals surface area contributed by atoms with Gasteiger partial charge in [-0.25, -0.2) is 0 Å². The van der Waals surface area contributed by atoms with Crippen LogP contribution in [0.25, 0.3) is 5.65 Å². The first kappa shape index (κ1) is 13.4. The normalized spacial score (nSPS) is 12.2. The highest BCUT2D eigenvalue weighted by atomic mass is 32.2. The van der Waals surface area contributed by atoms with Crippen molar-refractivity contribution in [2.75, 3.05) is 12.3 Å². The lowest BCUT2D eigenvalue weighted by atomic mass is 9.88. The Labute approximate surface area is 112 Å². The van der Waals surface area contributed by atoms with Crippen LogP contribution in [0.3, 0.4) is 0 Å². The maximum absolute atomic E-state index is 5.72. The van der Waals surface area contributed by atoms with Crippen LogP contribution in [-0.4, -0.2) is 26.9 Å². The summed E-state index contributed by atoms with van der Waals surface area (Å²) in [6.45, 7) is 5.17. The summed E-state index contributed by atoms with van der Waals surface area (Å²) < 4.78 is 2.03. The molecule has 2 aromatic rings. The molecule has 2 rings (SSSR count). The topological polar surface area (TPSA) is 56.2 Å². The molecule has 0 fully saturated rings. The second kappa shape index (κ2) is 5.71. The van der Waals surface area contributed by atoms with Gasteiger partial charge in [0.25, 0.3) is 0 Å². The average molecular weight is 264 g/mol. The molecule has 98 valence electrons. The molecule has 2 N–H and O–H groups in total. The predicted octanol–water partition coefficient (Wildman–Crippen LogP) is 2.59. The van der Waals surface area contributed by atoms with E-state index in [2.05, 4.69) is 24.0 Å². The van der Waals surface area contributed by atoms with Crippen molar-refractivity contribution in [2.45, 2.75) is 31.8 Å². The standard InChI is InChI=1S/C13H20N4S/c1-13(2,10-14)7-5-9-18-12-16-15-11-6-3-4-8-17(11)12/h3-4,6,8H,5,7,9-10,14H2,1-2H3. The third-order valence-electron chi connectivity index (χ3n) is 3.06. The molecule has 0 aliphatic heterocycles. The molecule has 0 aliphatic carbocycles. The van der Waals surface area contributed by atoms with Crippen molar-refractivity contribution in [3.8, 4) is 0 Å². The number of fused-ring (bicyclic) bond motifs is 1. The van der Waals surface area contributed by atoms with Crippen molar-refractivity contribution in [3.63, 3.8) is 0 Å². The first-order chi connectivity index (χ1) is 8.62. The largest absolute Gasteiger partial charge is 0.330 e. The average Bonchev–Trinajstić information content (AvgIpc) is 2.78. The zero-order valence-electron chi connectivity index (χ0n) is 11.0. The van der Waals surface area contributed by atoms with E-state index < -0.39 is 0 Å². The first-order valence-corrected chi connectivity index (χ1v) is 7.24. The zero-order valence-corrected chi connectivity index (χ0v) is 11.8. The lowest BCUT2D eigenvalue weighted by Gasteiger charge is -2.21. The molecule has 2 heterocycles. The zero-order chi connectivity index (χ0) is 13.0. The van der Waals surface area contributed by atoms with Crippen LogP contribution >= 0.6 is 11.8 Å². The molecule has 0 unspecified atom stereocenters. The summed E-state index contributed by atoms with van der Waals surface area (Å²) in [5.74, 6) is 1.05. The maximum atomic E-state index is 5.72. The molecule has 4 nitrogen and oxygen atoms in total. The molecule has 5 heteroatoms. The van der Waals surface area contributed by atoms with Crippen molar-refractivity contribution in [1.82, 2.24) is 14.6 Å². The minimum atomic E-state index is 0.244. The fraction of sp³-hybridized carbons (Fsp3) is 0.538. The second-order valence-corrected chi connectivity index (χ2v) is 6.29. The number of nitrogens with zero attached hydrogens (tertiary/aromatic N) is 3. The lowest BCUT2D eigenvalue weighted by Crippen LogP contribution is -2.23. The monoisotopic (exact) mass is 264 g/mol. The van der Waals surface area contributed by atoms with Crippen LogP contribution in [0.2, 0.25) is 0 Å². The molecular formula is C13H20N4S. The summed E-state index contributed by atoms with van der Waals surface area (Å²) in [4.78, 5) is 0. The molecule has 0 saturated carbocycles. The van der Waals surface area contributed by atoms with Crippen molar-refractivity contribution in [3.05, 3.63) is 24.4 Å². The Hall–Kier alpha value is -1.07. The Balaban J connectivity index is 1.87. The number of rotatable bonds is 6. The molecule has 0 atom stereocenters. The van der Waals surface area contributed by atoms with Gasteiger partial charge in [0.2, 0.25) is 0 Å². The quantitative estimate of drug-likeness (QED) is 0.643. The fourth-order valence-electron chi connectivity index (χ4n) is 1.73. The lowest BCUT2D eigenvalue weighted by molar-refractivity contribution is 0.345. The Kier molecular flexibility index (Phi) is 4.24. The van der Waals surface area contributed by atoms with Crippen LogP contribution < -0.4 is 5.73 Å². The minimum absolute atomic E-state index is 0.244. The molecule has 0 aromatic carbocycles. The van der Waals surface area contributed by atoms with Crippen molar-refractivity contribution < 1.29 is 0 Å². The number of aromatic nitrogens is 3. The molecule has 0 amide bonds. The summed E-state index contributed by atoms with van der Waals surface area (Å²) >= 11 is 1.76. The second-order valence-electron chi connectivity index (χ2n) is 5.23. The van der Waals surface area contributed by atoms with E-state index in [1.165, 1.54) is 0 Å². The van der Waals surface area contributed by atoms with Crippen LogP contribution in [0.5, 0.6) is 0 Å². The van der Waals surface area contributed by atoms with Gasteiger partial charge in [0, 0.05) is 11.9 Å². The Morgan fingerprint density at radius 2 is 2.17 bits per heavy atom. The number of pyridine rings is 1. The van der Waals surface area contributed by atoms with Gasteiger partial charge in [-0.05, 0) is 36.9 Å². The van der Waals surface area contributed by atoms with Crippen LogP contribution in [0, 0.1) is 5.41 Å². The van der Waals surface area contributed by atoms with E-state index in [9.17, 15) is 0 Å². The molecule has 0 radical (unpaired) electrons. The smallest absolute Gasteiger partial charge is 0.195 e. The summed E-state index contributed by atoms with van der Waals surface area (Å²) in [6, 6.07) is 5.94. The summed E-state index contributed by atoms with van der Waals surface area (Å²) in [5, 5.41) is 9.30. The molecule has 18 heavy (non-hydrogen) atoms. The van der Waals surface area contributed by atoms with Crippen LogP contribution in [0.1, 0.15) is 26.7 Å². The fourth-order valence-corrected chi connectivity index (χ4v) is 2.60. The van der Waals surface area contributed by atoms with Gasteiger partial charge >= 0.3 is 0 Å². The van der Waals surface area contributed by atoms with Crippen molar-refractivity contribution in [1.29, 1.82) is 0 Å². The van der Waals surface area contributed by atoms with Crippen LogP contribution in [0.15, 0.2) is 29.6 Å². The number of hydrogen-bond donors (Lipinski definition) is 1. The van der Waals surface area contributed by atoms with Crippen LogP contribution in [-0.2, 0) is 0 Å². The number of thioether (sulfide) groups is 1. The highest BCUT2D eigenvalue weighted by Gasteiger charge is 2.14. The van der Waals surface area contributed by atoms with Gasteiger partial charge in [0.05, 0.1) is 0 Å². The summed E-state index contributed by atoms with van der Waals surface area (Å²) in [6.07, 6.45) is 4.30. The molecule has 0 saturated heterocycles. The number of nitrogens with two attached hydrogens (primary N) is 1. The van der Waals surface area contributed by atoms with E-state index in [1.54, 1.807) is 11.8 Å². The Morgan fingerprint density at radius 3 is 2.94 bits per heavy atom. The highest BCUT2D eigenvalue weighted by molar-refractivity contribution is 7.99. The molecular weight excluding hydrogens is 244 g/mol. The van der Waals surface area contributed by atoms with Crippen molar-refractivity contribution in [2.24, 2.45) is 11.1 Å². The van der Waals surface area contributed by atoms with Crippen LogP contribution in [0.4, 0.5) is 0 Å². The predicted molar refractivity (Wildman–Crippen MR) is 75.8 cm³/mol. The molecule has 2 aromatic heterocycles. The molecule has 0 aliphatic rings. The van der Waals surface area contributed by atoms with Gasteiger partial charge < -0.3 is 5.73 Å². The van der Waals surface area contributed by atoms with Crippen molar-refractivity contribution >= 4 is 17.4 Å². The van der Waals surface area contributed by atoms with Gasteiger partial charge in [-0.1, -0.05) is 31.7 Å². The van der Waals surface area contributed by atoms with E-state index in [0.29, 0.717) is 0 Å².